The van der Waals surface area contributed by atoms with Crippen molar-refractivity contribution in [3.8, 4) is 11.1 Å². The number of fused-ring (bicyclic) bond motifs is 3. The highest BCUT2D eigenvalue weighted by atomic mass is 16.6. The monoisotopic (exact) mass is 395 g/mol. The van der Waals surface area contributed by atoms with Gasteiger partial charge in [0, 0.05) is 12.0 Å². The molecule has 0 spiro atoms. The minimum absolute atomic E-state index is 0.0130. The first-order valence-corrected chi connectivity index (χ1v) is 10.1. The maximum absolute atomic E-state index is 12.4. The average Bonchev–Trinajstić information content (AvgIpc) is 2.98. The zero-order valence-corrected chi connectivity index (χ0v) is 17.5. The van der Waals surface area contributed by atoms with Gasteiger partial charge in [-0.2, -0.15) is 0 Å². The molecular weight excluding hydrogens is 366 g/mol. The van der Waals surface area contributed by atoms with Gasteiger partial charge < -0.3 is 14.8 Å². The summed E-state index contributed by atoms with van der Waals surface area (Å²) in [6, 6.07) is 16.1. The van der Waals surface area contributed by atoms with Gasteiger partial charge >= 0.3 is 12.1 Å². The first-order chi connectivity index (χ1) is 13.8. The molecular formula is C24H29NO4. The van der Waals surface area contributed by atoms with Gasteiger partial charge in [0.15, 0.2) is 0 Å². The summed E-state index contributed by atoms with van der Waals surface area (Å²) in [4.78, 5) is 24.4. The van der Waals surface area contributed by atoms with Crippen LogP contribution >= 0.6 is 0 Å². The van der Waals surface area contributed by atoms with E-state index in [-0.39, 0.29) is 31.0 Å². The molecule has 5 nitrogen and oxygen atoms in total. The Morgan fingerprint density at radius 3 is 2.07 bits per heavy atom. The summed E-state index contributed by atoms with van der Waals surface area (Å²) in [5.74, 6) is -0.317. The number of carbonyl (C=O) groups excluding carboxylic acids is 2. The molecule has 1 atom stereocenters. The van der Waals surface area contributed by atoms with Gasteiger partial charge in [0.05, 0.1) is 6.42 Å². The largest absolute Gasteiger partial charge is 0.460 e. The van der Waals surface area contributed by atoms with E-state index in [0.717, 1.165) is 0 Å². The minimum atomic E-state index is -0.543. The highest BCUT2D eigenvalue weighted by Crippen LogP contribution is 2.44. The van der Waals surface area contributed by atoms with Gasteiger partial charge in [0.1, 0.15) is 12.2 Å². The van der Waals surface area contributed by atoms with Crippen LogP contribution in [0.2, 0.25) is 0 Å². The second kappa shape index (κ2) is 8.68. The Balaban J connectivity index is 1.60. The van der Waals surface area contributed by atoms with Crippen LogP contribution in [0.15, 0.2) is 48.5 Å². The molecule has 2 aromatic rings. The standard InChI is InChI=1S/C24H29NO4/c1-5-16(14-22(26)29-24(2,3)4)25-23(27)28-15-21-19-12-8-6-10-17(19)18-11-7-9-13-20(18)21/h6-13,16,21H,5,14-15H2,1-4H3,(H,25,27)/t16-/m1/s1. The summed E-state index contributed by atoms with van der Waals surface area (Å²) in [5, 5.41) is 2.79. The van der Waals surface area contributed by atoms with E-state index < -0.39 is 11.7 Å². The molecule has 0 heterocycles. The molecule has 1 aliphatic rings. The molecule has 0 saturated carbocycles. The van der Waals surface area contributed by atoms with Gasteiger partial charge in [0.25, 0.3) is 0 Å². The average molecular weight is 395 g/mol. The van der Waals surface area contributed by atoms with Gasteiger partial charge in [-0.15, -0.1) is 0 Å². The fourth-order valence-corrected chi connectivity index (χ4v) is 3.69. The highest BCUT2D eigenvalue weighted by molar-refractivity contribution is 5.79. The fraction of sp³-hybridized carbons (Fsp3) is 0.417. The summed E-state index contributed by atoms with van der Waals surface area (Å²) in [7, 11) is 0. The van der Waals surface area contributed by atoms with Crippen molar-refractivity contribution in [2.75, 3.05) is 6.61 Å². The van der Waals surface area contributed by atoms with Crippen molar-refractivity contribution in [3.63, 3.8) is 0 Å². The molecule has 1 N–H and O–H groups in total. The van der Waals surface area contributed by atoms with Crippen LogP contribution in [0.1, 0.15) is 57.6 Å². The second-order valence-corrected chi connectivity index (χ2v) is 8.37. The summed E-state index contributed by atoms with van der Waals surface area (Å²) in [6.07, 6.45) is 0.226. The molecule has 3 rings (SSSR count). The molecule has 29 heavy (non-hydrogen) atoms. The molecule has 5 heteroatoms. The smallest absolute Gasteiger partial charge is 0.407 e. The molecule has 2 aromatic carbocycles. The lowest BCUT2D eigenvalue weighted by Gasteiger charge is -2.22. The van der Waals surface area contributed by atoms with Gasteiger partial charge in [0.2, 0.25) is 0 Å². The normalized spacial score (nSPS) is 13.9. The SMILES string of the molecule is CC[C@H](CC(=O)OC(C)(C)C)NC(=O)OCC1c2ccccc2-c2ccccc21. The van der Waals surface area contributed by atoms with Gasteiger partial charge in [-0.1, -0.05) is 55.5 Å². The minimum Gasteiger partial charge on any atom is -0.460 e. The Labute approximate surface area is 172 Å². The lowest BCUT2D eigenvalue weighted by molar-refractivity contribution is -0.155. The first kappa shape index (κ1) is 20.9. The number of amides is 1. The molecule has 0 radical (unpaired) electrons. The van der Waals surface area contributed by atoms with Crippen molar-refractivity contribution < 1.29 is 19.1 Å². The third-order valence-corrected chi connectivity index (χ3v) is 4.99. The van der Waals surface area contributed by atoms with E-state index in [2.05, 4.69) is 29.6 Å². The van der Waals surface area contributed by atoms with Crippen LogP contribution in [0.4, 0.5) is 4.79 Å². The van der Waals surface area contributed by atoms with E-state index in [0.29, 0.717) is 6.42 Å². The maximum atomic E-state index is 12.4. The van der Waals surface area contributed by atoms with E-state index >= 15 is 0 Å². The van der Waals surface area contributed by atoms with Crippen molar-refractivity contribution in [2.45, 2.75) is 58.1 Å². The summed E-state index contributed by atoms with van der Waals surface area (Å²) < 4.78 is 10.9. The van der Waals surface area contributed by atoms with Crippen LogP contribution in [-0.4, -0.2) is 30.3 Å². The second-order valence-electron chi connectivity index (χ2n) is 8.37. The third-order valence-electron chi connectivity index (χ3n) is 4.99. The zero-order chi connectivity index (χ0) is 21.0. The van der Waals surface area contributed by atoms with Gasteiger partial charge in [-0.25, -0.2) is 4.79 Å². The summed E-state index contributed by atoms with van der Waals surface area (Å²) >= 11 is 0. The van der Waals surface area contributed by atoms with E-state index in [1.54, 1.807) is 0 Å². The Morgan fingerprint density at radius 2 is 1.55 bits per heavy atom. The molecule has 0 fully saturated rings. The van der Waals surface area contributed by atoms with Crippen molar-refractivity contribution in [1.29, 1.82) is 0 Å². The number of hydrogen-bond acceptors (Lipinski definition) is 4. The van der Waals surface area contributed by atoms with Crippen LogP contribution < -0.4 is 5.32 Å². The highest BCUT2D eigenvalue weighted by Gasteiger charge is 2.29. The number of carbonyl (C=O) groups is 2. The number of nitrogens with one attached hydrogen (secondary N) is 1. The number of rotatable bonds is 6. The fourth-order valence-electron chi connectivity index (χ4n) is 3.69. The van der Waals surface area contributed by atoms with Crippen molar-refractivity contribution in [3.05, 3.63) is 59.7 Å². The van der Waals surface area contributed by atoms with E-state index in [9.17, 15) is 9.59 Å². The summed E-state index contributed by atoms with van der Waals surface area (Å²) in [6.45, 7) is 7.64. The Hall–Kier alpha value is -2.82. The topological polar surface area (TPSA) is 64.6 Å². The van der Waals surface area contributed by atoms with E-state index in [1.807, 2.05) is 52.0 Å². The van der Waals surface area contributed by atoms with E-state index in [4.69, 9.17) is 9.47 Å². The molecule has 0 aromatic heterocycles. The molecule has 0 aliphatic heterocycles. The van der Waals surface area contributed by atoms with Crippen LogP contribution in [0.3, 0.4) is 0 Å². The lowest BCUT2D eigenvalue weighted by Crippen LogP contribution is -2.38. The predicted octanol–water partition coefficient (Wildman–Crippen LogP) is 5.04. The Morgan fingerprint density at radius 1 is 1.00 bits per heavy atom. The number of hydrogen-bond donors (Lipinski definition) is 1. The maximum Gasteiger partial charge on any atom is 0.407 e. The number of benzene rings is 2. The predicted molar refractivity (Wildman–Crippen MR) is 113 cm³/mol. The quantitative estimate of drug-likeness (QED) is 0.696. The first-order valence-electron chi connectivity index (χ1n) is 10.1. The van der Waals surface area contributed by atoms with Crippen molar-refractivity contribution in [1.82, 2.24) is 5.32 Å². The van der Waals surface area contributed by atoms with Gasteiger partial charge in [-0.05, 0) is 49.4 Å². The lowest BCUT2D eigenvalue weighted by atomic mass is 9.98. The molecule has 0 bridgehead atoms. The molecule has 154 valence electrons. The van der Waals surface area contributed by atoms with E-state index in [1.165, 1.54) is 22.3 Å². The number of esters is 1. The Kier molecular flexibility index (Phi) is 6.26. The van der Waals surface area contributed by atoms with Crippen LogP contribution in [0.25, 0.3) is 11.1 Å². The molecule has 1 amide bonds. The van der Waals surface area contributed by atoms with Crippen molar-refractivity contribution in [2.24, 2.45) is 0 Å². The number of ether oxygens (including phenoxy) is 2. The molecule has 0 unspecified atom stereocenters. The van der Waals surface area contributed by atoms with Gasteiger partial charge in [-0.3, -0.25) is 4.79 Å². The van der Waals surface area contributed by atoms with Crippen molar-refractivity contribution >= 4 is 12.1 Å². The molecule has 0 saturated heterocycles. The Bertz CT molecular complexity index is 839. The van der Waals surface area contributed by atoms with Crippen LogP contribution in [0, 0.1) is 0 Å². The van der Waals surface area contributed by atoms with Crippen LogP contribution in [-0.2, 0) is 14.3 Å². The third kappa shape index (κ3) is 5.17. The number of alkyl carbamates (subject to hydrolysis) is 1. The summed E-state index contributed by atoms with van der Waals surface area (Å²) in [5.41, 5.74) is 4.17. The van der Waals surface area contributed by atoms with Crippen LogP contribution in [0.5, 0.6) is 0 Å². The zero-order valence-electron chi connectivity index (χ0n) is 17.5. The molecule has 1 aliphatic carbocycles.